The summed E-state index contributed by atoms with van der Waals surface area (Å²) < 4.78 is 26.5. The SMILES string of the molecule is CCc1cccc(CC)c1N(CC(=O)N(CC)c1ccccc1)S(C)(=O)=O. The summed E-state index contributed by atoms with van der Waals surface area (Å²) >= 11 is 0. The molecule has 27 heavy (non-hydrogen) atoms. The van der Waals surface area contributed by atoms with E-state index in [1.807, 2.05) is 69.3 Å². The number of rotatable bonds is 8. The summed E-state index contributed by atoms with van der Waals surface area (Å²) in [6, 6.07) is 15.1. The van der Waals surface area contributed by atoms with Gasteiger partial charge in [-0.05, 0) is 43.0 Å². The van der Waals surface area contributed by atoms with Crippen molar-refractivity contribution in [1.82, 2.24) is 0 Å². The number of carbonyl (C=O) groups is 1. The fraction of sp³-hybridized carbons (Fsp3) is 0.381. The van der Waals surface area contributed by atoms with E-state index in [1.54, 1.807) is 4.90 Å². The van der Waals surface area contributed by atoms with E-state index < -0.39 is 10.0 Å². The molecule has 2 aromatic carbocycles. The van der Waals surface area contributed by atoms with Crippen LogP contribution in [0.2, 0.25) is 0 Å². The fourth-order valence-corrected chi connectivity index (χ4v) is 4.13. The van der Waals surface area contributed by atoms with Gasteiger partial charge in [0, 0.05) is 12.2 Å². The molecule has 1 amide bonds. The molecule has 2 rings (SSSR count). The lowest BCUT2D eigenvalue weighted by Gasteiger charge is -2.29. The van der Waals surface area contributed by atoms with Gasteiger partial charge in [0.2, 0.25) is 15.9 Å². The molecule has 5 nitrogen and oxygen atoms in total. The van der Waals surface area contributed by atoms with E-state index in [-0.39, 0.29) is 12.5 Å². The highest BCUT2D eigenvalue weighted by Crippen LogP contribution is 2.29. The van der Waals surface area contributed by atoms with Crippen molar-refractivity contribution < 1.29 is 13.2 Å². The van der Waals surface area contributed by atoms with Crippen LogP contribution in [0.3, 0.4) is 0 Å². The molecule has 0 radical (unpaired) electrons. The lowest BCUT2D eigenvalue weighted by Crippen LogP contribution is -2.43. The molecule has 0 aromatic heterocycles. The first kappa shape index (κ1) is 21.0. The molecule has 0 aliphatic rings. The third-order valence-corrected chi connectivity index (χ3v) is 5.69. The van der Waals surface area contributed by atoms with Crippen LogP contribution >= 0.6 is 0 Å². The predicted molar refractivity (Wildman–Crippen MR) is 112 cm³/mol. The van der Waals surface area contributed by atoms with Crippen LogP contribution in [0.1, 0.15) is 31.9 Å². The Morgan fingerprint density at radius 1 is 0.889 bits per heavy atom. The van der Waals surface area contributed by atoms with Crippen LogP contribution in [0.5, 0.6) is 0 Å². The number of likely N-dealkylation sites (N-methyl/N-ethyl adjacent to an activating group) is 1. The Morgan fingerprint density at radius 2 is 1.44 bits per heavy atom. The third kappa shape index (κ3) is 4.89. The first-order valence-corrected chi connectivity index (χ1v) is 11.1. The van der Waals surface area contributed by atoms with Gasteiger partial charge >= 0.3 is 0 Å². The summed E-state index contributed by atoms with van der Waals surface area (Å²) in [5.74, 6) is -0.248. The van der Waals surface area contributed by atoms with E-state index in [4.69, 9.17) is 0 Å². The summed E-state index contributed by atoms with van der Waals surface area (Å²) in [6.07, 6.45) is 2.55. The van der Waals surface area contributed by atoms with E-state index >= 15 is 0 Å². The average Bonchev–Trinajstić information content (AvgIpc) is 2.66. The van der Waals surface area contributed by atoms with Crippen LogP contribution in [-0.4, -0.2) is 33.7 Å². The molecule has 0 aliphatic carbocycles. The summed E-state index contributed by atoms with van der Waals surface area (Å²) in [4.78, 5) is 14.6. The minimum Gasteiger partial charge on any atom is -0.311 e. The number of carbonyl (C=O) groups excluding carboxylic acids is 1. The first-order chi connectivity index (χ1) is 12.8. The van der Waals surface area contributed by atoms with Gasteiger partial charge in [0.05, 0.1) is 11.9 Å². The zero-order valence-electron chi connectivity index (χ0n) is 16.5. The second-order valence-corrected chi connectivity index (χ2v) is 8.28. The lowest BCUT2D eigenvalue weighted by atomic mass is 10.0. The van der Waals surface area contributed by atoms with Crippen LogP contribution in [0, 0.1) is 0 Å². The first-order valence-electron chi connectivity index (χ1n) is 9.27. The molecule has 0 unspecified atom stereocenters. The van der Waals surface area contributed by atoms with Crippen LogP contribution in [0.25, 0.3) is 0 Å². The minimum atomic E-state index is -3.62. The monoisotopic (exact) mass is 388 g/mol. The Labute approximate surface area is 162 Å². The number of nitrogens with zero attached hydrogens (tertiary/aromatic N) is 2. The number of hydrogen-bond acceptors (Lipinski definition) is 3. The molecular formula is C21H28N2O3S. The standard InChI is InChI=1S/C21H28N2O3S/c1-5-17-12-11-13-18(6-2)21(17)23(27(4,25)26)16-20(24)22(7-3)19-14-9-8-10-15-19/h8-15H,5-7,16H2,1-4H3. The number of hydrogen-bond donors (Lipinski definition) is 0. The number of para-hydroxylation sites is 2. The Balaban J connectivity index is 2.47. The molecule has 2 aromatic rings. The summed E-state index contributed by atoms with van der Waals surface area (Å²) in [5, 5.41) is 0. The van der Waals surface area contributed by atoms with Gasteiger partial charge in [-0.3, -0.25) is 9.10 Å². The van der Waals surface area contributed by atoms with Gasteiger partial charge in [0.1, 0.15) is 6.54 Å². The van der Waals surface area contributed by atoms with Gasteiger partial charge in [-0.1, -0.05) is 50.2 Å². The molecular weight excluding hydrogens is 360 g/mol. The number of amides is 1. The Morgan fingerprint density at radius 3 is 1.89 bits per heavy atom. The molecule has 0 spiro atoms. The van der Waals surface area contributed by atoms with Crippen molar-refractivity contribution in [3.8, 4) is 0 Å². The van der Waals surface area contributed by atoms with Gasteiger partial charge in [0.15, 0.2) is 0 Å². The fourth-order valence-electron chi connectivity index (χ4n) is 3.22. The quantitative estimate of drug-likeness (QED) is 0.694. The van der Waals surface area contributed by atoms with Gasteiger partial charge in [0.25, 0.3) is 0 Å². The van der Waals surface area contributed by atoms with Crippen molar-refractivity contribution >= 4 is 27.3 Å². The van der Waals surface area contributed by atoms with E-state index in [0.29, 0.717) is 25.1 Å². The molecule has 0 bridgehead atoms. The highest BCUT2D eigenvalue weighted by Gasteiger charge is 2.27. The van der Waals surface area contributed by atoms with E-state index in [9.17, 15) is 13.2 Å². The van der Waals surface area contributed by atoms with Crippen LogP contribution in [-0.2, 0) is 27.7 Å². The number of anilines is 2. The van der Waals surface area contributed by atoms with Crippen molar-refractivity contribution in [1.29, 1.82) is 0 Å². The van der Waals surface area contributed by atoms with Crippen molar-refractivity contribution in [2.24, 2.45) is 0 Å². The summed E-state index contributed by atoms with van der Waals surface area (Å²) in [5.41, 5.74) is 3.26. The van der Waals surface area contributed by atoms with Crippen LogP contribution < -0.4 is 9.21 Å². The second kappa shape index (κ2) is 9.04. The molecule has 0 fully saturated rings. The van der Waals surface area contributed by atoms with Gasteiger partial charge in [-0.25, -0.2) is 8.42 Å². The maximum absolute atomic E-state index is 13.0. The van der Waals surface area contributed by atoms with Crippen molar-refractivity contribution in [2.45, 2.75) is 33.6 Å². The molecule has 146 valence electrons. The molecule has 0 saturated heterocycles. The summed E-state index contributed by atoms with van der Waals surface area (Å²) in [7, 11) is -3.62. The average molecular weight is 389 g/mol. The smallest absolute Gasteiger partial charge is 0.247 e. The zero-order valence-corrected chi connectivity index (χ0v) is 17.3. The highest BCUT2D eigenvalue weighted by atomic mass is 32.2. The van der Waals surface area contributed by atoms with Crippen molar-refractivity contribution in [2.75, 3.05) is 28.6 Å². The zero-order chi connectivity index (χ0) is 20.0. The van der Waals surface area contributed by atoms with E-state index in [1.165, 1.54) is 4.31 Å². The summed E-state index contributed by atoms with van der Waals surface area (Å²) in [6.45, 7) is 6.11. The molecule has 0 N–H and O–H groups in total. The van der Waals surface area contributed by atoms with Crippen molar-refractivity contribution in [3.05, 3.63) is 59.7 Å². The Hall–Kier alpha value is -2.34. The minimum absolute atomic E-state index is 0.217. The van der Waals surface area contributed by atoms with Crippen molar-refractivity contribution in [3.63, 3.8) is 0 Å². The third-order valence-electron chi connectivity index (χ3n) is 4.58. The van der Waals surface area contributed by atoms with Gasteiger partial charge in [-0.15, -0.1) is 0 Å². The van der Waals surface area contributed by atoms with Gasteiger partial charge < -0.3 is 4.90 Å². The topological polar surface area (TPSA) is 57.7 Å². The molecule has 6 heteroatoms. The maximum Gasteiger partial charge on any atom is 0.247 e. The Bertz CT molecular complexity index is 857. The predicted octanol–water partition coefficient (Wildman–Crippen LogP) is 3.63. The molecule has 0 atom stereocenters. The number of sulfonamides is 1. The molecule has 0 heterocycles. The van der Waals surface area contributed by atoms with Crippen LogP contribution in [0.4, 0.5) is 11.4 Å². The second-order valence-electron chi connectivity index (χ2n) is 6.38. The van der Waals surface area contributed by atoms with E-state index in [0.717, 1.165) is 23.1 Å². The largest absolute Gasteiger partial charge is 0.311 e. The maximum atomic E-state index is 13.0. The van der Waals surface area contributed by atoms with Gasteiger partial charge in [-0.2, -0.15) is 0 Å². The van der Waals surface area contributed by atoms with Crippen LogP contribution in [0.15, 0.2) is 48.5 Å². The normalized spacial score (nSPS) is 11.3. The molecule has 0 aliphatic heterocycles. The number of benzene rings is 2. The molecule has 0 saturated carbocycles. The highest BCUT2D eigenvalue weighted by molar-refractivity contribution is 7.92. The number of aryl methyl sites for hydroxylation is 2. The Kier molecular flexibility index (Phi) is 7.02. The van der Waals surface area contributed by atoms with E-state index in [2.05, 4.69) is 0 Å². The lowest BCUT2D eigenvalue weighted by molar-refractivity contribution is -0.117.